The van der Waals surface area contributed by atoms with Gasteiger partial charge in [0.05, 0.1) is 7.11 Å². The van der Waals surface area contributed by atoms with Gasteiger partial charge in [-0.1, -0.05) is 0 Å². The normalized spacial score (nSPS) is 11.5. The number of esters is 1. The minimum Gasteiger partial charge on any atom is -0.466 e. The quantitative estimate of drug-likeness (QED) is 0.526. The molecule has 3 nitrogen and oxygen atoms in total. The highest BCUT2D eigenvalue weighted by molar-refractivity contribution is 5.85. The van der Waals surface area contributed by atoms with Gasteiger partial charge >= 0.3 is 5.97 Å². The molecule has 24 heavy (non-hydrogen) atoms. The third-order valence-corrected chi connectivity index (χ3v) is 3.28. The van der Waals surface area contributed by atoms with Gasteiger partial charge in [0.1, 0.15) is 0 Å². The van der Waals surface area contributed by atoms with Crippen LogP contribution in [0.3, 0.4) is 0 Å². The van der Waals surface area contributed by atoms with Crippen LogP contribution in [0.5, 0.6) is 0 Å². The smallest absolute Gasteiger partial charge is 0.347 e. The molecule has 0 aromatic heterocycles. The van der Waals surface area contributed by atoms with Crippen LogP contribution in [0.25, 0.3) is 0 Å². The predicted octanol–water partition coefficient (Wildman–Crippen LogP) is 2.93. The third-order valence-electron chi connectivity index (χ3n) is 3.28. The highest BCUT2D eigenvalue weighted by atomic mass is 19.2. The molecule has 0 unspecified atom stereocenters. The van der Waals surface area contributed by atoms with E-state index >= 15 is 0 Å². The molecule has 1 N–H and O–H groups in total. The van der Waals surface area contributed by atoms with E-state index in [2.05, 4.69) is 4.74 Å². The van der Waals surface area contributed by atoms with Crippen molar-refractivity contribution in [1.82, 2.24) is 0 Å². The zero-order valence-electron chi connectivity index (χ0n) is 11.8. The Balaban J connectivity index is 2.79. The van der Waals surface area contributed by atoms with E-state index in [-0.39, 0.29) is 24.3 Å². The molecule has 0 heterocycles. The standard InChI is InChI=1S/C15H8F6O3/c1-24-14(22)15(23,6-2-8(16)12(20)9(17)3-6)7-4-10(18)13(21)11(19)5-7/h2-5,23H,1H3. The first-order valence-electron chi connectivity index (χ1n) is 6.23. The summed E-state index contributed by atoms with van der Waals surface area (Å²) in [5, 5.41) is 10.5. The Hall–Kier alpha value is -2.55. The Morgan fingerprint density at radius 1 is 0.833 bits per heavy atom. The van der Waals surface area contributed by atoms with Gasteiger partial charge in [-0.15, -0.1) is 0 Å². The lowest BCUT2D eigenvalue weighted by Gasteiger charge is -2.26. The van der Waals surface area contributed by atoms with Gasteiger partial charge in [0.15, 0.2) is 34.9 Å². The molecular weight excluding hydrogens is 342 g/mol. The summed E-state index contributed by atoms with van der Waals surface area (Å²) in [6, 6.07) is 0.978. The van der Waals surface area contributed by atoms with Crippen LogP contribution in [0.4, 0.5) is 26.3 Å². The van der Waals surface area contributed by atoms with E-state index in [1.165, 1.54) is 0 Å². The number of methoxy groups -OCH3 is 1. The van der Waals surface area contributed by atoms with Gasteiger partial charge in [0.2, 0.25) is 5.60 Å². The first-order valence-corrected chi connectivity index (χ1v) is 6.23. The van der Waals surface area contributed by atoms with Crippen molar-refractivity contribution in [2.75, 3.05) is 7.11 Å². The van der Waals surface area contributed by atoms with Crippen molar-refractivity contribution in [2.24, 2.45) is 0 Å². The van der Waals surface area contributed by atoms with Gasteiger partial charge in [-0.3, -0.25) is 0 Å². The number of hydrogen-bond acceptors (Lipinski definition) is 3. The molecule has 2 rings (SSSR count). The Morgan fingerprint density at radius 3 is 1.38 bits per heavy atom. The van der Waals surface area contributed by atoms with Crippen LogP contribution in [0, 0.1) is 34.9 Å². The van der Waals surface area contributed by atoms with Crippen molar-refractivity contribution < 1.29 is 41.0 Å². The number of carbonyl (C=O) groups excluding carboxylic acids is 1. The average Bonchev–Trinajstić information content (AvgIpc) is 2.54. The summed E-state index contributed by atoms with van der Waals surface area (Å²) in [4.78, 5) is 11.9. The zero-order chi connectivity index (χ0) is 18.2. The molecule has 0 saturated carbocycles. The van der Waals surface area contributed by atoms with Gasteiger partial charge in [-0.05, 0) is 24.3 Å². The van der Waals surface area contributed by atoms with Gasteiger partial charge in [-0.25, -0.2) is 31.1 Å². The number of carbonyl (C=O) groups is 1. The van der Waals surface area contributed by atoms with Crippen LogP contribution >= 0.6 is 0 Å². The fourth-order valence-electron chi connectivity index (χ4n) is 2.08. The lowest BCUT2D eigenvalue weighted by atomic mass is 9.86. The monoisotopic (exact) mass is 350 g/mol. The lowest BCUT2D eigenvalue weighted by Crippen LogP contribution is -2.38. The van der Waals surface area contributed by atoms with Crippen LogP contribution in [-0.2, 0) is 15.1 Å². The molecule has 0 radical (unpaired) electrons. The van der Waals surface area contributed by atoms with Crippen LogP contribution in [0.1, 0.15) is 11.1 Å². The molecule has 2 aromatic carbocycles. The summed E-state index contributed by atoms with van der Waals surface area (Å²) in [5.74, 6) is -12.4. The predicted molar refractivity (Wildman–Crippen MR) is 67.6 cm³/mol. The van der Waals surface area contributed by atoms with Crippen LogP contribution in [0.2, 0.25) is 0 Å². The maximum Gasteiger partial charge on any atom is 0.347 e. The van der Waals surface area contributed by atoms with Gasteiger partial charge < -0.3 is 9.84 Å². The average molecular weight is 350 g/mol. The summed E-state index contributed by atoms with van der Waals surface area (Å²) in [7, 11) is 0.778. The van der Waals surface area contributed by atoms with Gasteiger partial charge in [-0.2, -0.15) is 0 Å². The second-order valence-electron chi connectivity index (χ2n) is 4.71. The van der Waals surface area contributed by atoms with Crippen molar-refractivity contribution in [3.05, 3.63) is 70.3 Å². The van der Waals surface area contributed by atoms with E-state index in [1.54, 1.807) is 0 Å². The topological polar surface area (TPSA) is 46.5 Å². The molecule has 0 spiro atoms. The SMILES string of the molecule is COC(=O)C(O)(c1cc(F)c(F)c(F)c1)c1cc(F)c(F)c(F)c1. The van der Waals surface area contributed by atoms with Crippen molar-refractivity contribution in [1.29, 1.82) is 0 Å². The lowest BCUT2D eigenvalue weighted by molar-refractivity contribution is -0.159. The van der Waals surface area contributed by atoms with Crippen LogP contribution < -0.4 is 0 Å². The molecule has 0 saturated heterocycles. The molecule has 0 amide bonds. The van der Waals surface area contributed by atoms with E-state index in [4.69, 9.17) is 0 Å². The molecule has 128 valence electrons. The Labute approximate surface area is 131 Å². The number of rotatable bonds is 3. The Bertz CT molecular complexity index is 717. The Morgan fingerprint density at radius 2 is 1.12 bits per heavy atom. The van der Waals surface area contributed by atoms with Crippen LogP contribution in [0.15, 0.2) is 24.3 Å². The van der Waals surface area contributed by atoms with E-state index in [0.29, 0.717) is 0 Å². The second-order valence-corrected chi connectivity index (χ2v) is 4.71. The molecule has 0 bridgehead atoms. The fraction of sp³-hybridized carbons (Fsp3) is 0.133. The van der Waals surface area contributed by atoms with Crippen molar-refractivity contribution in [3.8, 4) is 0 Å². The molecule has 0 atom stereocenters. The number of ether oxygens (including phenoxy) is 1. The van der Waals surface area contributed by atoms with Crippen molar-refractivity contribution >= 4 is 5.97 Å². The van der Waals surface area contributed by atoms with E-state index in [0.717, 1.165) is 7.11 Å². The van der Waals surface area contributed by atoms with Crippen molar-refractivity contribution in [2.45, 2.75) is 5.60 Å². The summed E-state index contributed by atoms with van der Waals surface area (Å²) in [6.45, 7) is 0. The summed E-state index contributed by atoms with van der Waals surface area (Å²) in [6.07, 6.45) is 0. The Kier molecular flexibility index (Phi) is 4.57. The maximum atomic E-state index is 13.4. The highest BCUT2D eigenvalue weighted by Gasteiger charge is 2.43. The zero-order valence-corrected chi connectivity index (χ0v) is 11.8. The first-order chi connectivity index (χ1) is 11.1. The molecule has 0 aliphatic carbocycles. The van der Waals surface area contributed by atoms with Gasteiger partial charge in [0, 0.05) is 11.1 Å². The summed E-state index contributed by atoms with van der Waals surface area (Å²) in [5.41, 5.74) is -4.92. The number of hydrogen-bond donors (Lipinski definition) is 1. The number of aliphatic hydroxyl groups is 1. The number of benzene rings is 2. The molecule has 0 fully saturated rings. The molecule has 0 aliphatic heterocycles. The van der Waals surface area contributed by atoms with Crippen LogP contribution in [-0.4, -0.2) is 18.2 Å². The van der Waals surface area contributed by atoms with E-state index in [1.807, 2.05) is 0 Å². The van der Waals surface area contributed by atoms with Gasteiger partial charge in [0.25, 0.3) is 0 Å². The summed E-state index contributed by atoms with van der Waals surface area (Å²) >= 11 is 0. The fourth-order valence-corrected chi connectivity index (χ4v) is 2.08. The van der Waals surface area contributed by atoms with E-state index in [9.17, 15) is 36.2 Å². The number of halogens is 6. The molecular formula is C15H8F6O3. The highest BCUT2D eigenvalue weighted by Crippen LogP contribution is 2.34. The van der Waals surface area contributed by atoms with E-state index < -0.39 is 57.6 Å². The third kappa shape index (κ3) is 2.71. The first kappa shape index (κ1) is 17.8. The maximum absolute atomic E-state index is 13.4. The largest absolute Gasteiger partial charge is 0.466 e. The second kappa shape index (κ2) is 6.16. The summed E-state index contributed by atoms with van der Waals surface area (Å²) < 4.78 is 83.9. The minimum atomic E-state index is -3.11. The molecule has 0 aliphatic rings. The minimum absolute atomic E-state index is 0.245. The molecule has 2 aromatic rings. The van der Waals surface area contributed by atoms with Crippen molar-refractivity contribution in [3.63, 3.8) is 0 Å². The molecule has 9 heteroatoms.